The topological polar surface area (TPSA) is 321 Å². The van der Waals surface area contributed by atoms with Gasteiger partial charge in [0.05, 0.1) is 49.3 Å². The summed E-state index contributed by atoms with van der Waals surface area (Å²) < 4.78 is 4.83. The first-order chi connectivity index (χ1) is 29.5. The zero-order valence-corrected chi connectivity index (χ0v) is 38.8. The van der Waals surface area contributed by atoms with Crippen molar-refractivity contribution in [3.63, 3.8) is 0 Å². The Bertz CT molecular complexity index is 1690. The minimum atomic E-state index is -0.888. The number of carbonyl (C=O) groups excluding carboxylic acids is 7. The quantitative estimate of drug-likeness (QED) is 0.0672. The summed E-state index contributed by atoms with van der Waals surface area (Å²) in [5.41, 5.74) is 35.5. The van der Waals surface area contributed by atoms with Crippen LogP contribution in [-0.4, -0.2) is 97.5 Å². The molecule has 0 heterocycles. The average molecular weight is 884 g/mol. The van der Waals surface area contributed by atoms with Gasteiger partial charge in [-0.05, 0) is 68.4 Å². The third-order valence-corrected chi connectivity index (χ3v) is 9.81. The van der Waals surface area contributed by atoms with E-state index in [4.69, 9.17) is 39.1 Å². The molecule has 0 spiro atoms. The van der Waals surface area contributed by atoms with Crippen LogP contribution < -0.4 is 50.4 Å². The highest BCUT2D eigenvalue weighted by atomic mass is 16.5. The Morgan fingerprint density at radius 3 is 1.35 bits per heavy atom. The lowest BCUT2D eigenvalue weighted by Crippen LogP contribution is -2.52. The lowest BCUT2D eigenvalue weighted by Gasteiger charge is -2.23. The van der Waals surface area contributed by atoms with E-state index in [1.165, 1.54) is 21.0 Å². The van der Waals surface area contributed by atoms with Crippen molar-refractivity contribution in [2.75, 3.05) is 20.2 Å². The van der Waals surface area contributed by atoms with Gasteiger partial charge in [-0.25, -0.2) is 0 Å². The van der Waals surface area contributed by atoms with Crippen molar-refractivity contribution in [3.8, 4) is 0 Å². The molecule has 0 bridgehead atoms. The number of methoxy groups -OCH3 is 1. The molecule has 17 nitrogen and oxygen atoms in total. The average Bonchev–Trinajstić information content (AvgIpc) is 3.24. The van der Waals surface area contributed by atoms with Gasteiger partial charge in [0, 0.05) is 19.5 Å². The van der Waals surface area contributed by atoms with Crippen LogP contribution in [0.3, 0.4) is 0 Å². The Morgan fingerprint density at radius 2 is 0.968 bits per heavy atom. The fourth-order valence-electron chi connectivity index (χ4n) is 6.16. The van der Waals surface area contributed by atoms with Crippen LogP contribution >= 0.6 is 0 Å². The monoisotopic (exact) mass is 884 g/mol. The summed E-state index contributed by atoms with van der Waals surface area (Å²) in [4.78, 5) is 83.5. The van der Waals surface area contributed by atoms with E-state index >= 15 is 0 Å². The number of nitrogens with one attached hydrogen (secondary N) is 3. The van der Waals surface area contributed by atoms with Crippen molar-refractivity contribution in [3.05, 3.63) is 71.8 Å². The number of amides is 3. The summed E-state index contributed by atoms with van der Waals surface area (Å²) in [5.74, 6) is -1.68. The number of rotatable bonds is 24. The number of esters is 1. The summed E-state index contributed by atoms with van der Waals surface area (Å²) >= 11 is 0. The molecule has 63 heavy (non-hydrogen) atoms. The highest BCUT2D eigenvalue weighted by molar-refractivity contribution is 5.93. The van der Waals surface area contributed by atoms with E-state index in [1.807, 2.05) is 102 Å². The number of hydrogen-bond donors (Lipinski definition) is 9. The molecule has 2 aromatic rings. The van der Waals surface area contributed by atoms with E-state index in [2.05, 4.69) is 16.0 Å². The molecule has 0 aliphatic carbocycles. The Hall–Kier alpha value is -4.91. The second kappa shape index (κ2) is 31.0. The van der Waals surface area contributed by atoms with Gasteiger partial charge in [-0.1, -0.05) is 102 Å². The van der Waals surface area contributed by atoms with E-state index in [1.54, 1.807) is 0 Å². The van der Waals surface area contributed by atoms with Crippen molar-refractivity contribution in [2.45, 2.75) is 130 Å². The van der Waals surface area contributed by atoms with Gasteiger partial charge < -0.3 is 55.1 Å². The molecule has 354 valence electrons. The number of nitrogens with two attached hydrogens (primary N) is 6. The van der Waals surface area contributed by atoms with Gasteiger partial charge >= 0.3 is 5.97 Å². The summed E-state index contributed by atoms with van der Waals surface area (Å²) in [6, 6.07) is 13.7. The van der Waals surface area contributed by atoms with E-state index in [9.17, 15) is 33.6 Å². The summed E-state index contributed by atoms with van der Waals surface area (Å²) in [5, 5.41) is 8.00. The molecule has 2 aromatic carbocycles. The molecule has 17 heteroatoms. The summed E-state index contributed by atoms with van der Waals surface area (Å²) in [6.45, 7) is 14.9. The van der Waals surface area contributed by atoms with Gasteiger partial charge in [0.2, 0.25) is 17.7 Å². The van der Waals surface area contributed by atoms with Crippen molar-refractivity contribution in [1.29, 1.82) is 0 Å². The fraction of sp³-hybridized carbons (Fsp3) is 0.587. The molecular weight excluding hydrogens is 807 g/mol. The zero-order valence-electron chi connectivity index (χ0n) is 38.8. The van der Waals surface area contributed by atoms with E-state index < -0.39 is 66.0 Å². The number of carbonyl (C=O) groups is 7. The van der Waals surface area contributed by atoms with Crippen LogP contribution in [0.25, 0.3) is 0 Å². The van der Waals surface area contributed by atoms with Crippen LogP contribution in [0.1, 0.15) is 98.2 Å². The van der Waals surface area contributed by atoms with Crippen LogP contribution in [-0.2, 0) is 44.7 Å². The van der Waals surface area contributed by atoms with Gasteiger partial charge in [0.25, 0.3) is 0 Å². The number of ether oxygens (including phenoxy) is 1. The Morgan fingerprint density at radius 1 is 0.571 bits per heavy atom. The maximum Gasteiger partial charge on any atom is 0.309 e. The first-order valence-corrected chi connectivity index (χ1v) is 21.5. The Labute approximate surface area is 374 Å². The van der Waals surface area contributed by atoms with Crippen molar-refractivity contribution in [1.82, 2.24) is 16.0 Å². The molecule has 0 saturated carbocycles. The normalized spacial score (nSPS) is 14.8. The standard InChI is InChI=1S/C20H31N3O4.C16H25N3O2.C10H21N3O2/c1-13(2)9-15(20(26)27-3)11-18(24)17(23-19(25)16(22)12-21)10-14-7-5-4-6-8-14;1-10(2)9-13(11(3)20)19-16(21)15(18)14(17)12-7-5-4-6-8-12;1-6(2)4-9(7(3)14)13-10(15)8(12)5-11/h4-8,13,15-17H,9-12,21-22H2,1-3H3,(H,23,25);4-8,10,13-15H,9,17-18H2,1-3H3,(H,19,21);6,8-9H,4-5,11-12H2,1-3H3,(H,13,15). The molecule has 2 rings (SSSR count). The van der Waals surface area contributed by atoms with Gasteiger partial charge in [0.1, 0.15) is 6.04 Å². The van der Waals surface area contributed by atoms with Crippen molar-refractivity contribution < 1.29 is 38.3 Å². The van der Waals surface area contributed by atoms with Gasteiger partial charge in [-0.2, -0.15) is 0 Å². The van der Waals surface area contributed by atoms with Crippen molar-refractivity contribution in [2.24, 2.45) is 58.1 Å². The third-order valence-electron chi connectivity index (χ3n) is 9.81. The molecule has 0 aliphatic heterocycles. The number of ketones is 3. The fourth-order valence-corrected chi connectivity index (χ4v) is 6.16. The van der Waals surface area contributed by atoms with Gasteiger partial charge in [-0.15, -0.1) is 0 Å². The van der Waals surface area contributed by atoms with Crippen LogP contribution in [0.2, 0.25) is 0 Å². The summed E-state index contributed by atoms with van der Waals surface area (Å²) in [6.07, 6.45) is 2.07. The van der Waals surface area contributed by atoms with E-state index in [0.717, 1.165) is 11.1 Å². The lowest BCUT2D eigenvalue weighted by molar-refractivity contribution is -0.148. The molecule has 0 aliphatic rings. The van der Waals surface area contributed by atoms with Gasteiger partial charge in [0.15, 0.2) is 17.3 Å². The number of hydrogen-bond acceptors (Lipinski definition) is 14. The molecule has 0 radical (unpaired) electrons. The smallest absolute Gasteiger partial charge is 0.309 e. The maximum atomic E-state index is 12.9. The number of Topliss-reactive ketones (excluding diaryl/α,β-unsaturated/α-hetero) is 3. The minimum Gasteiger partial charge on any atom is -0.469 e. The van der Waals surface area contributed by atoms with Crippen LogP contribution in [0.5, 0.6) is 0 Å². The molecule has 0 fully saturated rings. The SMILES string of the molecule is CC(=O)C(CC(C)C)NC(=O)C(N)C(N)c1ccccc1.CC(=O)C(CC(C)C)NC(=O)C(N)CN.COC(=O)C(CC(=O)C(Cc1ccccc1)NC(=O)C(N)CN)CC(C)C. The van der Waals surface area contributed by atoms with E-state index in [-0.39, 0.29) is 48.7 Å². The molecule has 0 aromatic heterocycles. The first kappa shape index (κ1) is 58.1. The molecule has 0 saturated heterocycles. The second-order valence-corrected chi connectivity index (χ2v) is 17.0. The molecule has 15 N–H and O–H groups in total. The summed E-state index contributed by atoms with van der Waals surface area (Å²) in [7, 11) is 1.31. The maximum absolute atomic E-state index is 12.9. The molecular formula is C46H77N9O8. The lowest BCUT2D eigenvalue weighted by atomic mass is 9.89. The Kier molecular flexibility index (Phi) is 28.6. The molecule has 8 unspecified atom stereocenters. The van der Waals surface area contributed by atoms with Crippen LogP contribution in [0.15, 0.2) is 60.7 Å². The molecule has 3 amide bonds. The highest BCUT2D eigenvalue weighted by Gasteiger charge is 2.30. The van der Waals surface area contributed by atoms with Crippen LogP contribution in [0.4, 0.5) is 0 Å². The van der Waals surface area contributed by atoms with Crippen LogP contribution in [0, 0.1) is 23.7 Å². The first-order valence-electron chi connectivity index (χ1n) is 21.5. The minimum absolute atomic E-state index is 0.000493. The third kappa shape index (κ3) is 23.9. The van der Waals surface area contributed by atoms with Gasteiger partial charge in [-0.3, -0.25) is 33.6 Å². The number of benzene rings is 2. The largest absolute Gasteiger partial charge is 0.469 e. The zero-order chi connectivity index (χ0) is 48.4. The van der Waals surface area contributed by atoms with Crippen molar-refractivity contribution >= 4 is 41.0 Å². The Balaban J connectivity index is 0.000000956. The second-order valence-electron chi connectivity index (χ2n) is 17.0. The molecule has 8 atom stereocenters. The predicted octanol–water partition coefficient (Wildman–Crippen LogP) is 1.32. The predicted molar refractivity (Wildman–Crippen MR) is 246 cm³/mol. The van der Waals surface area contributed by atoms with E-state index in [0.29, 0.717) is 37.5 Å². The highest BCUT2D eigenvalue weighted by Crippen LogP contribution is 2.20.